The standard InChI is InChI=1S/C16H16N4/c17-15-6-4-13(5-7-15)14-11-19-20(12-14)10-8-16-3-1-2-9-18-16/h1-7,9,11-12H,8,10,17H2. The fourth-order valence-electron chi connectivity index (χ4n) is 2.09. The first-order valence-corrected chi connectivity index (χ1v) is 6.59. The van der Waals surface area contributed by atoms with Gasteiger partial charge in [-0.1, -0.05) is 18.2 Å². The van der Waals surface area contributed by atoms with Crippen LogP contribution in [0, 0.1) is 0 Å². The van der Waals surface area contributed by atoms with Gasteiger partial charge >= 0.3 is 0 Å². The molecule has 0 bridgehead atoms. The van der Waals surface area contributed by atoms with Crippen molar-refractivity contribution in [2.24, 2.45) is 0 Å². The summed E-state index contributed by atoms with van der Waals surface area (Å²) in [5.74, 6) is 0. The van der Waals surface area contributed by atoms with Crippen molar-refractivity contribution < 1.29 is 0 Å². The van der Waals surface area contributed by atoms with Crippen LogP contribution in [0.15, 0.2) is 61.1 Å². The fraction of sp³-hybridized carbons (Fsp3) is 0.125. The summed E-state index contributed by atoms with van der Waals surface area (Å²) >= 11 is 0. The molecule has 20 heavy (non-hydrogen) atoms. The van der Waals surface area contributed by atoms with Crippen molar-refractivity contribution >= 4 is 5.69 Å². The van der Waals surface area contributed by atoms with Gasteiger partial charge in [0.1, 0.15) is 0 Å². The largest absolute Gasteiger partial charge is 0.399 e. The van der Waals surface area contributed by atoms with E-state index in [1.807, 2.05) is 59.5 Å². The van der Waals surface area contributed by atoms with Crippen molar-refractivity contribution in [3.8, 4) is 11.1 Å². The SMILES string of the molecule is Nc1ccc(-c2cnn(CCc3ccccn3)c2)cc1. The Hall–Kier alpha value is -2.62. The Balaban J connectivity index is 1.69. The van der Waals surface area contributed by atoms with Gasteiger partial charge in [0, 0.05) is 42.3 Å². The Labute approximate surface area is 117 Å². The first-order chi connectivity index (χ1) is 9.81. The van der Waals surface area contributed by atoms with Gasteiger partial charge in [-0.2, -0.15) is 5.10 Å². The lowest BCUT2D eigenvalue weighted by atomic mass is 10.1. The van der Waals surface area contributed by atoms with Crippen LogP contribution >= 0.6 is 0 Å². The van der Waals surface area contributed by atoms with E-state index in [1.54, 1.807) is 0 Å². The molecule has 0 unspecified atom stereocenters. The molecule has 2 N–H and O–H groups in total. The second-order valence-electron chi connectivity index (χ2n) is 4.69. The van der Waals surface area contributed by atoms with Gasteiger partial charge in [0.15, 0.2) is 0 Å². The van der Waals surface area contributed by atoms with E-state index in [0.717, 1.165) is 35.5 Å². The molecule has 0 amide bonds. The summed E-state index contributed by atoms with van der Waals surface area (Å²) in [6.45, 7) is 0.825. The lowest BCUT2D eigenvalue weighted by Crippen LogP contribution is -2.02. The van der Waals surface area contributed by atoms with Gasteiger partial charge in [-0.05, 0) is 29.8 Å². The van der Waals surface area contributed by atoms with Crippen LogP contribution in [0.25, 0.3) is 11.1 Å². The maximum atomic E-state index is 5.69. The van der Waals surface area contributed by atoms with Crippen LogP contribution in [0.4, 0.5) is 5.69 Å². The molecule has 0 saturated carbocycles. The highest BCUT2D eigenvalue weighted by atomic mass is 15.3. The Bertz CT molecular complexity index is 671. The number of pyridine rings is 1. The summed E-state index contributed by atoms with van der Waals surface area (Å²) in [5.41, 5.74) is 9.78. The molecule has 4 heteroatoms. The topological polar surface area (TPSA) is 56.7 Å². The Morgan fingerprint density at radius 1 is 1.00 bits per heavy atom. The van der Waals surface area contributed by atoms with Crippen LogP contribution in [-0.2, 0) is 13.0 Å². The average molecular weight is 264 g/mol. The molecule has 0 aliphatic carbocycles. The van der Waals surface area contributed by atoms with Crippen molar-refractivity contribution in [1.82, 2.24) is 14.8 Å². The van der Waals surface area contributed by atoms with Gasteiger partial charge in [0.25, 0.3) is 0 Å². The van der Waals surface area contributed by atoms with Crippen molar-refractivity contribution in [3.05, 3.63) is 66.7 Å². The van der Waals surface area contributed by atoms with Crippen LogP contribution in [-0.4, -0.2) is 14.8 Å². The van der Waals surface area contributed by atoms with E-state index in [0.29, 0.717) is 0 Å². The van der Waals surface area contributed by atoms with E-state index in [9.17, 15) is 0 Å². The predicted octanol–water partition coefficient (Wildman–Crippen LogP) is 2.77. The summed E-state index contributed by atoms with van der Waals surface area (Å²) in [6.07, 6.45) is 6.63. The van der Waals surface area contributed by atoms with Crippen LogP contribution in [0.2, 0.25) is 0 Å². The highest BCUT2D eigenvalue weighted by molar-refractivity contribution is 5.63. The smallest absolute Gasteiger partial charge is 0.0568 e. The molecule has 0 spiro atoms. The Morgan fingerprint density at radius 2 is 1.85 bits per heavy atom. The van der Waals surface area contributed by atoms with Crippen molar-refractivity contribution in [3.63, 3.8) is 0 Å². The number of nitrogens with two attached hydrogens (primary N) is 1. The van der Waals surface area contributed by atoms with Crippen molar-refractivity contribution in [2.75, 3.05) is 5.73 Å². The van der Waals surface area contributed by atoms with E-state index in [4.69, 9.17) is 5.73 Å². The second-order valence-corrected chi connectivity index (χ2v) is 4.69. The zero-order valence-corrected chi connectivity index (χ0v) is 11.1. The molecule has 3 aromatic rings. The number of anilines is 1. The lowest BCUT2D eigenvalue weighted by molar-refractivity contribution is 0.608. The highest BCUT2D eigenvalue weighted by Crippen LogP contribution is 2.19. The monoisotopic (exact) mass is 264 g/mol. The fourth-order valence-corrected chi connectivity index (χ4v) is 2.09. The zero-order chi connectivity index (χ0) is 13.8. The third kappa shape index (κ3) is 2.85. The number of rotatable bonds is 4. The molecule has 3 rings (SSSR count). The molecular formula is C16H16N4. The van der Waals surface area contributed by atoms with Gasteiger partial charge < -0.3 is 5.73 Å². The Morgan fingerprint density at radius 3 is 2.60 bits per heavy atom. The first kappa shape index (κ1) is 12.4. The van der Waals surface area contributed by atoms with Gasteiger partial charge in [0.2, 0.25) is 0 Å². The van der Waals surface area contributed by atoms with Gasteiger partial charge in [-0.25, -0.2) is 0 Å². The summed E-state index contributed by atoms with van der Waals surface area (Å²) in [4.78, 5) is 4.31. The number of aromatic nitrogens is 3. The molecular weight excluding hydrogens is 248 g/mol. The second kappa shape index (κ2) is 5.57. The molecule has 100 valence electrons. The van der Waals surface area contributed by atoms with Gasteiger partial charge in [-0.15, -0.1) is 0 Å². The third-order valence-corrected chi connectivity index (χ3v) is 3.20. The van der Waals surface area contributed by atoms with Crippen LogP contribution in [0.1, 0.15) is 5.69 Å². The summed E-state index contributed by atoms with van der Waals surface area (Å²) < 4.78 is 1.94. The molecule has 0 atom stereocenters. The molecule has 0 aliphatic heterocycles. The molecule has 0 saturated heterocycles. The first-order valence-electron chi connectivity index (χ1n) is 6.59. The normalized spacial score (nSPS) is 10.6. The van der Waals surface area contributed by atoms with Crippen molar-refractivity contribution in [2.45, 2.75) is 13.0 Å². The van der Waals surface area contributed by atoms with Crippen LogP contribution < -0.4 is 5.73 Å². The number of nitrogens with zero attached hydrogens (tertiary/aromatic N) is 3. The number of aryl methyl sites for hydroxylation is 2. The summed E-state index contributed by atoms with van der Waals surface area (Å²) in [6, 6.07) is 13.8. The number of hydrogen-bond donors (Lipinski definition) is 1. The quantitative estimate of drug-likeness (QED) is 0.737. The predicted molar refractivity (Wildman–Crippen MR) is 80.0 cm³/mol. The summed E-state index contributed by atoms with van der Waals surface area (Å²) in [5, 5.41) is 4.39. The highest BCUT2D eigenvalue weighted by Gasteiger charge is 2.02. The van der Waals surface area contributed by atoms with E-state index < -0.39 is 0 Å². The molecule has 1 aromatic carbocycles. The molecule has 4 nitrogen and oxygen atoms in total. The molecule has 2 aromatic heterocycles. The minimum absolute atomic E-state index is 0.774. The molecule has 2 heterocycles. The number of nitrogen functional groups attached to an aromatic ring is 1. The van der Waals surface area contributed by atoms with E-state index in [1.165, 1.54) is 0 Å². The van der Waals surface area contributed by atoms with Gasteiger partial charge in [0.05, 0.1) is 6.20 Å². The molecule has 0 radical (unpaired) electrons. The third-order valence-electron chi connectivity index (χ3n) is 3.20. The average Bonchev–Trinajstić information content (AvgIpc) is 2.96. The minimum atomic E-state index is 0.774. The summed E-state index contributed by atoms with van der Waals surface area (Å²) in [7, 11) is 0. The molecule has 0 aliphatic rings. The van der Waals surface area contributed by atoms with E-state index in [-0.39, 0.29) is 0 Å². The maximum Gasteiger partial charge on any atom is 0.0568 e. The zero-order valence-electron chi connectivity index (χ0n) is 11.1. The number of hydrogen-bond acceptors (Lipinski definition) is 3. The maximum absolute atomic E-state index is 5.69. The minimum Gasteiger partial charge on any atom is -0.399 e. The van der Waals surface area contributed by atoms with Crippen LogP contribution in [0.3, 0.4) is 0 Å². The van der Waals surface area contributed by atoms with Gasteiger partial charge in [-0.3, -0.25) is 9.67 Å². The van der Waals surface area contributed by atoms with Crippen LogP contribution in [0.5, 0.6) is 0 Å². The van der Waals surface area contributed by atoms with E-state index in [2.05, 4.69) is 16.3 Å². The number of benzene rings is 1. The van der Waals surface area contributed by atoms with E-state index >= 15 is 0 Å². The molecule has 0 fully saturated rings. The Kier molecular flexibility index (Phi) is 3.46. The van der Waals surface area contributed by atoms with Crippen molar-refractivity contribution in [1.29, 1.82) is 0 Å². The lowest BCUT2D eigenvalue weighted by Gasteiger charge is -2.01.